The normalized spacial score (nSPS) is 15.1. The van der Waals surface area contributed by atoms with Gasteiger partial charge in [-0.1, -0.05) is 18.2 Å². The van der Waals surface area contributed by atoms with Crippen LogP contribution in [0.3, 0.4) is 0 Å². The quantitative estimate of drug-likeness (QED) is 0.387. The second-order valence-corrected chi connectivity index (χ2v) is 5.14. The summed E-state index contributed by atoms with van der Waals surface area (Å²) in [5.41, 5.74) is 5.46. The Morgan fingerprint density at radius 3 is 2.48 bits per heavy atom. The molecule has 0 amide bonds. The number of benzene rings is 1. The van der Waals surface area contributed by atoms with E-state index in [9.17, 15) is 4.79 Å². The molecule has 0 atom stereocenters. The number of carbonyl (C=O) groups excluding carboxylic acids is 1. The number of guanidine groups is 1. The Balaban J connectivity index is 0.00000220. The van der Waals surface area contributed by atoms with Gasteiger partial charge in [-0.25, -0.2) is 0 Å². The number of nitrogens with zero attached hydrogens (tertiary/aromatic N) is 1. The molecule has 2 rings (SSSR count). The van der Waals surface area contributed by atoms with E-state index in [-0.39, 0.29) is 24.3 Å². The molecule has 5 nitrogen and oxygen atoms in total. The number of hydrogen-bond acceptors (Lipinski definition) is 3. The van der Waals surface area contributed by atoms with Crippen LogP contribution in [0.15, 0.2) is 30.3 Å². The second kappa shape index (κ2) is 8.52. The van der Waals surface area contributed by atoms with Crippen LogP contribution in [0.2, 0.25) is 0 Å². The fourth-order valence-electron chi connectivity index (χ4n) is 2.46. The standard InChI is InChI=1S/C15H21N3O2.ClH/c16-15(17)18-10-8-12(9-11-18)6-7-14(19)20-13-4-2-1-3-5-13;/h1-5,12H,6-11H2,(H3,16,17);1H. The van der Waals surface area contributed by atoms with Gasteiger partial charge in [0, 0.05) is 19.5 Å². The summed E-state index contributed by atoms with van der Waals surface area (Å²) in [6.07, 6.45) is 3.26. The zero-order valence-electron chi connectivity index (χ0n) is 12.0. The van der Waals surface area contributed by atoms with Crippen LogP contribution in [0.1, 0.15) is 25.7 Å². The first-order valence-electron chi connectivity index (χ1n) is 7.00. The van der Waals surface area contributed by atoms with Crippen LogP contribution in [-0.2, 0) is 4.79 Å². The van der Waals surface area contributed by atoms with Crippen LogP contribution in [0.25, 0.3) is 0 Å². The molecule has 0 radical (unpaired) electrons. The molecule has 0 spiro atoms. The first-order chi connectivity index (χ1) is 9.65. The number of para-hydroxylation sites is 1. The molecular formula is C15H22ClN3O2. The van der Waals surface area contributed by atoms with Crippen LogP contribution in [-0.4, -0.2) is 29.9 Å². The van der Waals surface area contributed by atoms with Crippen LogP contribution in [0.4, 0.5) is 0 Å². The molecule has 3 N–H and O–H groups in total. The smallest absolute Gasteiger partial charge is 0.311 e. The number of rotatable bonds is 4. The van der Waals surface area contributed by atoms with Gasteiger partial charge < -0.3 is 15.4 Å². The molecule has 1 aromatic rings. The molecule has 0 aliphatic carbocycles. The fourth-order valence-corrected chi connectivity index (χ4v) is 2.46. The molecule has 1 saturated heterocycles. The monoisotopic (exact) mass is 311 g/mol. The molecule has 21 heavy (non-hydrogen) atoms. The lowest BCUT2D eigenvalue weighted by Crippen LogP contribution is -2.42. The largest absolute Gasteiger partial charge is 0.427 e. The Morgan fingerprint density at radius 2 is 1.90 bits per heavy atom. The maximum Gasteiger partial charge on any atom is 0.311 e. The van der Waals surface area contributed by atoms with Crippen molar-refractivity contribution in [1.29, 1.82) is 5.41 Å². The van der Waals surface area contributed by atoms with Crippen LogP contribution in [0, 0.1) is 11.3 Å². The minimum absolute atomic E-state index is 0. The predicted octanol–water partition coefficient (Wildman–Crippen LogP) is 2.40. The number of hydrogen-bond donors (Lipinski definition) is 2. The van der Waals surface area contributed by atoms with E-state index in [1.807, 2.05) is 23.1 Å². The Bertz CT molecular complexity index is 459. The van der Waals surface area contributed by atoms with Crippen LogP contribution < -0.4 is 10.5 Å². The van der Waals surface area contributed by atoms with Crippen molar-refractivity contribution in [2.45, 2.75) is 25.7 Å². The van der Waals surface area contributed by atoms with Crippen molar-refractivity contribution in [2.24, 2.45) is 11.7 Å². The highest BCUT2D eigenvalue weighted by Crippen LogP contribution is 2.22. The lowest BCUT2D eigenvalue weighted by molar-refractivity contribution is -0.134. The maximum atomic E-state index is 11.7. The average Bonchev–Trinajstić information content (AvgIpc) is 2.46. The Hall–Kier alpha value is -1.75. The van der Waals surface area contributed by atoms with Crippen molar-refractivity contribution >= 4 is 24.3 Å². The van der Waals surface area contributed by atoms with Crippen LogP contribution in [0.5, 0.6) is 5.75 Å². The summed E-state index contributed by atoms with van der Waals surface area (Å²) in [6.45, 7) is 1.63. The Kier molecular flexibility index (Phi) is 7.02. The van der Waals surface area contributed by atoms with Gasteiger partial charge in [-0.3, -0.25) is 10.2 Å². The number of carbonyl (C=O) groups is 1. The van der Waals surface area contributed by atoms with Crippen LogP contribution >= 0.6 is 12.4 Å². The van der Waals surface area contributed by atoms with Gasteiger partial charge >= 0.3 is 5.97 Å². The number of likely N-dealkylation sites (tertiary alicyclic amines) is 1. The zero-order chi connectivity index (χ0) is 14.4. The number of nitrogens with one attached hydrogen (secondary N) is 1. The SMILES string of the molecule is Cl.N=C(N)N1CCC(CCC(=O)Oc2ccccc2)CC1. The van der Waals surface area contributed by atoms with Crippen molar-refractivity contribution in [1.82, 2.24) is 4.90 Å². The number of esters is 1. The molecule has 0 unspecified atom stereocenters. The Labute approximate surface area is 131 Å². The second-order valence-electron chi connectivity index (χ2n) is 5.14. The van der Waals surface area contributed by atoms with E-state index in [1.165, 1.54) is 0 Å². The van der Waals surface area contributed by atoms with E-state index in [1.54, 1.807) is 12.1 Å². The third-order valence-electron chi connectivity index (χ3n) is 3.69. The van der Waals surface area contributed by atoms with Crippen molar-refractivity contribution in [3.63, 3.8) is 0 Å². The highest BCUT2D eigenvalue weighted by molar-refractivity contribution is 5.85. The van der Waals surface area contributed by atoms with Gasteiger partial charge in [0.1, 0.15) is 5.75 Å². The molecule has 0 bridgehead atoms. The molecule has 0 aromatic heterocycles. The van der Waals surface area contributed by atoms with Gasteiger partial charge in [0.15, 0.2) is 5.96 Å². The molecule has 1 aliphatic heterocycles. The van der Waals surface area contributed by atoms with Crippen molar-refractivity contribution < 1.29 is 9.53 Å². The lowest BCUT2D eigenvalue weighted by Gasteiger charge is -2.31. The lowest BCUT2D eigenvalue weighted by atomic mass is 9.92. The zero-order valence-corrected chi connectivity index (χ0v) is 12.8. The van der Waals surface area contributed by atoms with Gasteiger partial charge in [0.05, 0.1) is 0 Å². The molecule has 1 fully saturated rings. The topological polar surface area (TPSA) is 79.4 Å². The molecule has 1 aliphatic rings. The predicted molar refractivity (Wildman–Crippen MR) is 84.8 cm³/mol. The molecule has 1 heterocycles. The average molecular weight is 312 g/mol. The van der Waals surface area contributed by atoms with E-state index in [0.29, 0.717) is 18.1 Å². The van der Waals surface area contributed by atoms with E-state index in [0.717, 1.165) is 32.4 Å². The van der Waals surface area contributed by atoms with Gasteiger partial charge in [-0.15, -0.1) is 12.4 Å². The van der Waals surface area contributed by atoms with Crippen molar-refractivity contribution in [3.05, 3.63) is 30.3 Å². The summed E-state index contributed by atoms with van der Waals surface area (Å²) >= 11 is 0. The first-order valence-corrected chi connectivity index (χ1v) is 7.00. The summed E-state index contributed by atoms with van der Waals surface area (Å²) in [5, 5.41) is 7.38. The summed E-state index contributed by atoms with van der Waals surface area (Å²) in [4.78, 5) is 13.6. The Morgan fingerprint density at radius 1 is 1.29 bits per heavy atom. The van der Waals surface area contributed by atoms with Gasteiger partial charge in [-0.2, -0.15) is 0 Å². The summed E-state index contributed by atoms with van der Waals surface area (Å²) in [5.74, 6) is 1.09. The van der Waals surface area contributed by atoms with E-state index >= 15 is 0 Å². The number of nitrogens with two attached hydrogens (primary N) is 1. The summed E-state index contributed by atoms with van der Waals surface area (Å²) < 4.78 is 5.26. The van der Waals surface area contributed by atoms with Crippen molar-refractivity contribution in [2.75, 3.05) is 13.1 Å². The fraction of sp³-hybridized carbons (Fsp3) is 0.467. The molecule has 116 valence electrons. The summed E-state index contributed by atoms with van der Waals surface area (Å²) in [7, 11) is 0. The van der Waals surface area contributed by atoms with Gasteiger partial charge in [0.2, 0.25) is 0 Å². The van der Waals surface area contributed by atoms with Gasteiger partial charge in [-0.05, 0) is 37.3 Å². The number of halogens is 1. The highest BCUT2D eigenvalue weighted by atomic mass is 35.5. The number of piperidine rings is 1. The maximum absolute atomic E-state index is 11.7. The highest BCUT2D eigenvalue weighted by Gasteiger charge is 2.20. The van der Waals surface area contributed by atoms with Crippen molar-refractivity contribution in [3.8, 4) is 5.75 Å². The minimum atomic E-state index is -0.176. The van der Waals surface area contributed by atoms with E-state index < -0.39 is 0 Å². The van der Waals surface area contributed by atoms with E-state index in [2.05, 4.69) is 0 Å². The van der Waals surface area contributed by atoms with Gasteiger partial charge in [0.25, 0.3) is 0 Å². The third kappa shape index (κ3) is 5.63. The molecular weight excluding hydrogens is 290 g/mol. The minimum Gasteiger partial charge on any atom is -0.427 e. The molecule has 1 aromatic carbocycles. The third-order valence-corrected chi connectivity index (χ3v) is 3.69. The molecule has 6 heteroatoms. The van der Waals surface area contributed by atoms with E-state index in [4.69, 9.17) is 15.9 Å². The first kappa shape index (κ1) is 17.3. The number of ether oxygens (including phenoxy) is 1. The summed E-state index contributed by atoms with van der Waals surface area (Å²) in [6, 6.07) is 9.15. The molecule has 0 saturated carbocycles.